The summed E-state index contributed by atoms with van der Waals surface area (Å²) in [6, 6.07) is 15.3. The first kappa shape index (κ1) is 15.3. The van der Waals surface area contributed by atoms with E-state index in [1.807, 2.05) is 22.7 Å². The molecule has 3 heterocycles. The van der Waals surface area contributed by atoms with Gasteiger partial charge in [0.2, 0.25) is 0 Å². The smallest absolute Gasteiger partial charge is 0.125 e. The van der Waals surface area contributed by atoms with Crippen molar-refractivity contribution in [2.24, 2.45) is 0 Å². The van der Waals surface area contributed by atoms with E-state index in [-0.39, 0.29) is 0 Å². The first-order valence-electron chi connectivity index (χ1n) is 8.86. The summed E-state index contributed by atoms with van der Waals surface area (Å²) in [4.78, 5) is 9.24. The lowest BCUT2D eigenvalue weighted by Crippen LogP contribution is -1.98. The number of hydrogen-bond acceptors (Lipinski definition) is 3. The quantitative estimate of drug-likeness (QED) is 0.379. The van der Waals surface area contributed by atoms with E-state index in [4.69, 9.17) is 4.98 Å². The number of benzene rings is 1. The van der Waals surface area contributed by atoms with Crippen LogP contribution in [0.2, 0.25) is 0 Å². The average molecular weight is 362 g/mol. The van der Waals surface area contributed by atoms with E-state index in [9.17, 15) is 0 Å². The maximum atomic E-state index is 5.10. The summed E-state index contributed by atoms with van der Waals surface area (Å²) in [6.07, 6.45) is 5.06. The molecule has 0 atom stereocenters. The predicted octanol–water partition coefficient (Wildman–Crippen LogP) is 6.88. The average Bonchev–Trinajstić information content (AvgIpc) is 3.29. The Morgan fingerprint density at radius 1 is 0.960 bits per heavy atom. The summed E-state index contributed by atoms with van der Waals surface area (Å²) in [6.45, 7) is 2.17. The molecule has 0 unspecified atom stereocenters. The second-order valence-corrected chi connectivity index (χ2v) is 8.77. The summed E-state index contributed by atoms with van der Waals surface area (Å²) in [5.74, 6) is 0. The highest BCUT2D eigenvalue weighted by Crippen LogP contribution is 2.43. The number of rotatable bonds is 2. The van der Waals surface area contributed by atoms with Crippen molar-refractivity contribution in [3.8, 4) is 21.7 Å². The van der Waals surface area contributed by atoms with Gasteiger partial charge in [0.1, 0.15) is 4.83 Å². The molecular formula is C22H19NS2. The summed E-state index contributed by atoms with van der Waals surface area (Å²) >= 11 is 3.75. The molecule has 0 N–H and O–H groups in total. The zero-order chi connectivity index (χ0) is 16.8. The van der Waals surface area contributed by atoms with E-state index in [2.05, 4.69) is 54.8 Å². The van der Waals surface area contributed by atoms with Crippen LogP contribution in [-0.2, 0) is 12.8 Å². The van der Waals surface area contributed by atoms with Crippen molar-refractivity contribution in [2.45, 2.75) is 32.6 Å². The molecule has 0 fully saturated rings. The Labute approximate surface area is 156 Å². The Balaban J connectivity index is 1.84. The van der Waals surface area contributed by atoms with Crippen LogP contribution in [0.3, 0.4) is 0 Å². The highest BCUT2D eigenvalue weighted by molar-refractivity contribution is 7.19. The van der Waals surface area contributed by atoms with Gasteiger partial charge in [-0.05, 0) is 61.2 Å². The lowest BCUT2D eigenvalue weighted by Gasteiger charge is -2.13. The zero-order valence-corrected chi connectivity index (χ0v) is 15.8. The van der Waals surface area contributed by atoms with Gasteiger partial charge in [0.15, 0.2) is 0 Å². The van der Waals surface area contributed by atoms with E-state index in [0.29, 0.717) is 0 Å². The zero-order valence-electron chi connectivity index (χ0n) is 14.2. The van der Waals surface area contributed by atoms with Crippen molar-refractivity contribution in [1.29, 1.82) is 0 Å². The first-order chi connectivity index (χ1) is 12.3. The topological polar surface area (TPSA) is 12.9 Å². The van der Waals surface area contributed by atoms with Gasteiger partial charge in [-0.15, -0.1) is 22.7 Å². The molecule has 0 bridgehead atoms. The Bertz CT molecular complexity index is 1060. The van der Waals surface area contributed by atoms with Crippen LogP contribution >= 0.6 is 22.7 Å². The van der Waals surface area contributed by atoms with Gasteiger partial charge in [0.25, 0.3) is 0 Å². The third kappa shape index (κ3) is 2.54. The standard InChI is InChI=1S/C22H19NS2/c1-14-7-2-3-8-15(14)18-13-17(19-11-6-12-24-19)21-16-9-4-5-10-20(16)25-22(21)23-18/h2-3,6-8,11-13H,4-5,9-10H2,1H3. The van der Waals surface area contributed by atoms with Gasteiger partial charge in [0, 0.05) is 26.3 Å². The van der Waals surface area contributed by atoms with Crippen molar-refractivity contribution in [2.75, 3.05) is 0 Å². The third-order valence-corrected chi connectivity index (χ3v) is 7.22. The van der Waals surface area contributed by atoms with Crippen LogP contribution in [0.15, 0.2) is 47.8 Å². The lowest BCUT2D eigenvalue weighted by molar-refractivity contribution is 0.700. The van der Waals surface area contributed by atoms with Crippen LogP contribution in [0, 0.1) is 6.92 Å². The minimum absolute atomic E-state index is 1.10. The molecule has 124 valence electrons. The monoisotopic (exact) mass is 361 g/mol. The maximum Gasteiger partial charge on any atom is 0.125 e. The minimum atomic E-state index is 1.10. The summed E-state index contributed by atoms with van der Waals surface area (Å²) < 4.78 is 0. The van der Waals surface area contributed by atoms with Crippen LogP contribution < -0.4 is 0 Å². The van der Waals surface area contributed by atoms with E-state index < -0.39 is 0 Å². The van der Waals surface area contributed by atoms with Crippen LogP contribution in [0.1, 0.15) is 28.8 Å². The second kappa shape index (κ2) is 6.08. The molecule has 3 heteroatoms. The van der Waals surface area contributed by atoms with Gasteiger partial charge < -0.3 is 0 Å². The van der Waals surface area contributed by atoms with Crippen LogP contribution in [0.4, 0.5) is 0 Å². The number of thiophene rings is 2. The molecule has 1 aromatic carbocycles. The molecule has 5 rings (SSSR count). The van der Waals surface area contributed by atoms with Gasteiger partial charge in [-0.25, -0.2) is 4.98 Å². The number of nitrogens with zero attached hydrogens (tertiary/aromatic N) is 1. The summed E-state index contributed by atoms with van der Waals surface area (Å²) in [5, 5.41) is 3.59. The molecule has 0 amide bonds. The van der Waals surface area contributed by atoms with E-state index in [1.165, 1.54) is 57.5 Å². The summed E-state index contributed by atoms with van der Waals surface area (Å²) in [5.41, 5.74) is 6.57. The fourth-order valence-electron chi connectivity index (χ4n) is 3.88. The Kier molecular flexibility index (Phi) is 3.72. The van der Waals surface area contributed by atoms with Gasteiger partial charge in [-0.2, -0.15) is 0 Å². The van der Waals surface area contributed by atoms with Gasteiger partial charge in [0.05, 0.1) is 5.69 Å². The van der Waals surface area contributed by atoms with E-state index >= 15 is 0 Å². The fraction of sp³-hybridized carbons (Fsp3) is 0.227. The maximum absolute atomic E-state index is 5.10. The molecule has 1 nitrogen and oxygen atoms in total. The molecule has 0 saturated carbocycles. The molecule has 0 radical (unpaired) electrons. The van der Waals surface area contributed by atoms with E-state index in [1.54, 1.807) is 10.4 Å². The van der Waals surface area contributed by atoms with Crippen molar-refractivity contribution >= 4 is 32.9 Å². The summed E-state index contributed by atoms with van der Waals surface area (Å²) in [7, 11) is 0. The Hall–Kier alpha value is -1.97. The number of hydrogen-bond donors (Lipinski definition) is 0. The van der Waals surface area contributed by atoms with Gasteiger partial charge >= 0.3 is 0 Å². The highest BCUT2D eigenvalue weighted by atomic mass is 32.1. The Morgan fingerprint density at radius 2 is 1.84 bits per heavy atom. The molecule has 0 aliphatic heterocycles. The SMILES string of the molecule is Cc1ccccc1-c1cc(-c2cccs2)c2c3c(sc2n1)CCCC3. The van der Waals surface area contributed by atoms with Crippen molar-refractivity contribution in [3.63, 3.8) is 0 Å². The van der Waals surface area contributed by atoms with E-state index in [0.717, 1.165) is 5.69 Å². The normalized spacial score (nSPS) is 14.0. The first-order valence-corrected chi connectivity index (χ1v) is 10.6. The van der Waals surface area contributed by atoms with Crippen LogP contribution in [-0.4, -0.2) is 4.98 Å². The number of aryl methyl sites for hydroxylation is 3. The number of pyridine rings is 1. The molecule has 4 aromatic rings. The minimum Gasteiger partial charge on any atom is -0.237 e. The second-order valence-electron chi connectivity index (χ2n) is 6.74. The predicted molar refractivity (Wildman–Crippen MR) is 110 cm³/mol. The Morgan fingerprint density at radius 3 is 2.68 bits per heavy atom. The van der Waals surface area contributed by atoms with Gasteiger partial charge in [-0.1, -0.05) is 30.3 Å². The molecular weight excluding hydrogens is 342 g/mol. The number of fused-ring (bicyclic) bond motifs is 3. The molecule has 0 spiro atoms. The number of aromatic nitrogens is 1. The molecule has 3 aromatic heterocycles. The largest absolute Gasteiger partial charge is 0.237 e. The highest BCUT2D eigenvalue weighted by Gasteiger charge is 2.21. The van der Waals surface area contributed by atoms with Crippen molar-refractivity contribution in [3.05, 3.63) is 63.8 Å². The van der Waals surface area contributed by atoms with Crippen LogP contribution in [0.25, 0.3) is 31.9 Å². The third-order valence-electron chi connectivity index (χ3n) is 5.13. The molecule has 1 aliphatic carbocycles. The molecule has 1 aliphatic rings. The van der Waals surface area contributed by atoms with Crippen molar-refractivity contribution in [1.82, 2.24) is 4.98 Å². The lowest BCUT2D eigenvalue weighted by atomic mass is 9.93. The van der Waals surface area contributed by atoms with Gasteiger partial charge in [-0.3, -0.25) is 0 Å². The fourth-order valence-corrected chi connectivity index (χ4v) is 5.92. The molecule has 0 saturated heterocycles. The van der Waals surface area contributed by atoms with Crippen LogP contribution in [0.5, 0.6) is 0 Å². The molecule has 25 heavy (non-hydrogen) atoms. The van der Waals surface area contributed by atoms with Crippen molar-refractivity contribution < 1.29 is 0 Å².